The lowest BCUT2D eigenvalue weighted by Gasteiger charge is -2.47. The second-order valence-electron chi connectivity index (χ2n) is 7.60. The molecule has 0 aliphatic carbocycles. The van der Waals surface area contributed by atoms with Crippen LogP contribution in [0.1, 0.15) is 42.4 Å². The van der Waals surface area contributed by atoms with Gasteiger partial charge in [-0.05, 0) is 49.2 Å². The standard InChI is InChI=1S/C22H24N4O2/c1-2-3-13-26-17-7-4-11-23-20(17)25-12-5-9-19(25)22(26)10-14-24(16-22)21(27)18-8-6-15-28-18/h4-9,11-12,15H,2-3,10,13-14,16H2,1H3. The molecule has 5 rings (SSSR count). The first kappa shape index (κ1) is 17.1. The van der Waals surface area contributed by atoms with Crippen LogP contribution in [-0.2, 0) is 5.54 Å². The Kier molecular flexibility index (Phi) is 4.00. The summed E-state index contributed by atoms with van der Waals surface area (Å²) < 4.78 is 7.56. The Labute approximate surface area is 164 Å². The van der Waals surface area contributed by atoms with E-state index in [0.717, 1.165) is 37.3 Å². The average molecular weight is 376 g/mol. The van der Waals surface area contributed by atoms with Crippen molar-refractivity contribution in [3.63, 3.8) is 0 Å². The number of amides is 1. The van der Waals surface area contributed by atoms with E-state index in [-0.39, 0.29) is 11.4 Å². The fraction of sp³-hybridized carbons (Fsp3) is 0.364. The molecule has 1 saturated heterocycles. The number of pyridine rings is 1. The van der Waals surface area contributed by atoms with Crippen LogP contribution in [0.2, 0.25) is 0 Å². The third kappa shape index (κ3) is 2.40. The zero-order valence-electron chi connectivity index (χ0n) is 16.0. The number of carbonyl (C=O) groups excluding carboxylic acids is 1. The Hall–Kier alpha value is -3.02. The van der Waals surface area contributed by atoms with Gasteiger partial charge in [-0.3, -0.25) is 4.79 Å². The van der Waals surface area contributed by atoms with E-state index in [2.05, 4.69) is 45.8 Å². The van der Waals surface area contributed by atoms with Crippen molar-refractivity contribution in [2.45, 2.75) is 31.7 Å². The van der Waals surface area contributed by atoms with Gasteiger partial charge in [-0.25, -0.2) is 4.98 Å². The minimum Gasteiger partial charge on any atom is -0.459 e. The molecule has 1 atom stereocenters. The third-order valence-electron chi connectivity index (χ3n) is 6.03. The first-order valence-electron chi connectivity index (χ1n) is 9.98. The van der Waals surface area contributed by atoms with Crippen molar-refractivity contribution in [2.24, 2.45) is 0 Å². The summed E-state index contributed by atoms with van der Waals surface area (Å²) >= 11 is 0. The first-order chi connectivity index (χ1) is 13.7. The minimum atomic E-state index is -0.239. The number of fused-ring (bicyclic) bond motifs is 4. The van der Waals surface area contributed by atoms with Crippen LogP contribution in [-0.4, -0.2) is 40.0 Å². The van der Waals surface area contributed by atoms with Gasteiger partial charge in [-0.15, -0.1) is 0 Å². The van der Waals surface area contributed by atoms with Crippen molar-refractivity contribution in [1.82, 2.24) is 14.5 Å². The number of hydrogen-bond donors (Lipinski definition) is 0. The summed E-state index contributed by atoms with van der Waals surface area (Å²) in [5, 5.41) is 0. The highest BCUT2D eigenvalue weighted by Gasteiger charge is 2.50. The summed E-state index contributed by atoms with van der Waals surface area (Å²) in [7, 11) is 0. The van der Waals surface area contributed by atoms with Crippen LogP contribution >= 0.6 is 0 Å². The quantitative estimate of drug-likeness (QED) is 0.694. The van der Waals surface area contributed by atoms with Gasteiger partial charge >= 0.3 is 0 Å². The maximum Gasteiger partial charge on any atom is 0.289 e. The number of carbonyl (C=O) groups is 1. The molecule has 0 aromatic carbocycles. The van der Waals surface area contributed by atoms with E-state index in [9.17, 15) is 4.79 Å². The molecule has 6 nitrogen and oxygen atoms in total. The Bertz CT molecular complexity index is 994. The molecule has 6 heteroatoms. The second-order valence-corrected chi connectivity index (χ2v) is 7.60. The molecule has 0 N–H and O–H groups in total. The van der Waals surface area contributed by atoms with Gasteiger partial charge in [0.1, 0.15) is 5.54 Å². The number of hydrogen-bond acceptors (Lipinski definition) is 4. The lowest BCUT2D eigenvalue weighted by molar-refractivity contribution is 0.0750. The molecule has 0 bridgehead atoms. The third-order valence-corrected chi connectivity index (χ3v) is 6.03. The van der Waals surface area contributed by atoms with E-state index in [1.807, 2.05) is 17.2 Å². The summed E-state index contributed by atoms with van der Waals surface area (Å²) in [6, 6.07) is 11.9. The van der Waals surface area contributed by atoms with Crippen molar-refractivity contribution in [2.75, 3.05) is 24.5 Å². The highest BCUT2D eigenvalue weighted by molar-refractivity contribution is 5.92. The summed E-state index contributed by atoms with van der Waals surface area (Å²) in [5.74, 6) is 1.35. The Morgan fingerprint density at radius 2 is 2.18 bits per heavy atom. The molecule has 1 fully saturated rings. The van der Waals surface area contributed by atoms with Crippen LogP contribution in [0.15, 0.2) is 59.5 Å². The summed E-state index contributed by atoms with van der Waals surface area (Å²) in [4.78, 5) is 22.0. The molecule has 144 valence electrons. The molecule has 5 heterocycles. The number of unbranched alkanes of at least 4 members (excludes halogenated alkanes) is 1. The minimum absolute atomic E-state index is 0.0348. The highest BCUT2D eigenvalue weighted by atomic mass is 16.3. The normalized spacial score (nSPS) is 20.5. The van der Waals surface area contributed by atoms with Gasteiger partial charge in [-0.2, -0.15) is 0 Å². The zero-order chi connectivity index (χ0) is 19.1. The van der Waals surface area contributed by atoms with Gasteiger partial charge in [0.05, 0.1) is 24.2 Å². The van der Waals surface area contributed by atoms with E-state index in [0.29, 0.717) is 18.8 Å². The smallest absolute Gasteiger partial charge is 0.289 e. The van der Waals surface area contributed by atoms with Gasteiger partial charge in [0.25, 0.3) is 5.91 Å². The van der Waals surface area contributed by atoms with Gasteiger partial charge in [0, 0.05) is 25.5 Å². The van der Waals surface area contributed by atoms with E-state index >= 15 is 0 Å². The summed E-state index contributed by atoms with van der Waals surface area (Å²) in [5.41, 5.74) is 2.12. The van der Waals surface area contributed by atoms with Crippen molar-refractivity contribution in [3.8, 4) is 5.82 Å². The number of anilines is 1. The molecular formula is C22H24N4O2. The predicted octanol–water partition coefficient (Wildman–Crippen LogP) is 3.83. The predicted molar refractivity (Wildman–Crippen MR) is 107 cm³/mol. The Morgan fingerprint density at radius 1 is 1.25 bits per heavy atom. The van der Waals surface area contributed by atoms with Crippen molar-refractivity contribution < 1.29 is 9.21 Å². The number of nitrogens with zero attached hydrogens (tertiary/aromatic N) is 4. The van der Waals surface area contributed by atoms with Crippen molar-refractivity contribution >= 4 is 11.6 Å². The molecule has 1 unspecified atom stereocenters. The maximum absolute atomic E-state index is 12.9. The number of rotatable bonds is 4. The zero-order valence-corrected chi connectivity index (χ0v) is 16.0. The van der Waals surface area contributed by atoms with Crippen LogP contribution in [0.3, 0.4) is 0 Å². The van der Waals surface area contributed by atoms with Crippen LogP contribution in [0.25, 0.3) is 5.82 Å². The largest absolute Gasteiger partial charge is 0.459 e. The lowest BCUT2D eigenvalue weighted by Crippen LogP contribution is -2.53. The Morgan fingerprint density at radius 3 is 3.00 bits per heavy atom. The molecule has 2 aliphatic rings. The average Bonchev–Trinajstić information content (AvgIpc) is 3.48. The van der Waals surface area contributed by atoms with Gasteiger partial charge in [-0.1, -0.05) is 13.3 Å². The van der Waals surface area contributed by atoms with Crippen molar-refractivity contribution in [3.05, 3.63) is 66.5 Å². The molecule has 3 aromatic rings. The molecule has 0 radical (unpaired) electrons. The van der Waals surface area contributed by atoms with Crippen LogP contribution in [0, 0.1) is 0 Å². The van der Waals surface area contributed by atoms with Crippen LogP contribution < -0.4 is 4.90 Å². The number of aromatic nitrogens is 2. The molecule has 3 aromatic heterocycles. The van der Waals surface area contributed by atoms with Crippen molar-refractivity contribution in [1.29, 1.82) is 0 Å². The highest BCUT2D eigenvalue weighted by Crippen LogP contribution is 2.47. The molecule has 1 spiro atoms. The number of likely N-dealkylation sites (tertiary alicyclic amines) is 1. The van der Waals surface area contributed by atoms with E-state index < -0.39 is 0 Å². The van der Waals surface area contributed by atoms with Gasteiger partial charge in [0.15, 0.2) is 11.6 Å². The maximum atomic E-state index is 12.9. The van der Waals surface area contributed by atoms with E-state index in [1.54, 1.807) is 18.4 Å². The second kappa shape index (κ2) is 6.55. The molecule has 2 aliphatic heterocycles. The molecule has 1 amide bonds. The van der Waals surface area contributed by atoms with Crippen LogP contribution in [0.5, 0.6) is 0 Å². The van der Waals surface area contributed by atoms with Gasteiger partial charge < -0.3 is 18.8 Å². The fourth-order valence-corrected chi connectivity index (χ4v) is 4.70. The van der Waals surface area contributed by atoms with Crippen LogP contribution in [0.4, 0.5) is 5.69 Å². The SMILES string of the molecule is CCCCN1c2cccnc2-n2cccc2C12CCN(C(=O)c1ccco1)C2. The molecule has 28 heavy (non-hydrogen) atoms. The molecule has 0 saturated carbocycles. The first-order valence-corrected chi connectivity index (χ1v) is 9.98. The monoisotopic (exact) mass is 376 g/mol. The Balaban J connectivity index is 1.58. The summed E-state index contributed by atoms with van der Waals surface area (Å²) in [6.45, 7) is 4.52. The fourth-order valence-electron chi connectivity index (χ4n) is 4.70. The lowest BCUT2D eigenvalue weighted by atomic mass is 9.88. The van der Waals surface area contributed by atoms with E-state index in [4.69, 9.17) is 4.42 Å². The van der Waals surface area contributed by atoms with E-state index in [1.165, 1.54) is 5.69 Å². The number of furan rings is 1. The van der Waals surface area contributed by atoms with Gasteiger partial charge in [0.2, 0.25) is 0 Å². The molecular weight excluding hydrogens is 352 g/mol. The summed E-state index contributed by atoms with van der Waals surface area (Å²) in [6.07, 6.45) is 8.60. The topological polar surface area (TPSA) is 54.5 Å².